The number of aromatic nitrogens is 2. The van der Waals surface area contributed by atoms with Crippen LogP contribution in [0.2, 0.25) is 5.02 Å². The number of carbonyl (C=O) groups is 1. The van der Waals surface area contributed by atoms with Gasteiger partial charge in [0.15, 0.2) is 11.5 Å². The first kappa shape index (κ1) is 20.0. The highest BCUT2D eigenvalue weighted by molar-refractivity contribution is 6.30. The molecule has 0 aliphatic carbocycles. The molecule has 1 amide bonds. The van der Waals surface area contributed by atoms with Gasteiger partial charge in [-0.3, -0.25) is 9.63 Å². The molecule has 0 saturated heterocycles. The maximum atomic E-state index is 15.0. The first-order valence-electron chi connectivity index (χ1n) is 8.38. The maximum absolute atomic E-state index is 15.0. The van der Waals surface area contributed by atoms with Crippen LogP contribution in [0.4, 0.5) is 20.2 Å². The van der Waals surface area contributed by atoms with Gasteiger partial charge in [-0.1, -0.05) is 18.5 Å². The lowest BCUT2D eigenvalue weighted by Crippen LogP contribution is -2.29. The lowest BCUT2D eigenvalue weighted by Gasteiger charge is -2.15. The Balaban J connectivity index is 1.96. The molecule has 2 aromatic heterocycles. The van der Waals surface area contributed by atoms with Crippen molar-refractivity contribution in [2.75, 3.05) is 11.9 Å². The van der Waals surface area contributed by atoms with Crippen LogP contribution >= 0.6 is 11.6 Å². The van der Waals surface area contributed by atoms with E-state index in [2.05, 4.69) is 15.8 Å². The van der Waals surface area contributed by atoms with Crippen LogP contribution < -0.4 is 10.8 Å². The summed E-state index contributed by atoms with van der Waals surface area (Å²) in [6, 6.07) is 3.81. The summed E-state index contributed by atoms with van der Waals surface area (Å²) in [5.41, 5.74) is 1.59. The number of aliphatic hydroxyl groups excluding tert-OH is 1. The van der Waals surface area contributed by atoms with Gasteiger partial charge in [-0.2, -0.15) is 0 Å². The van der Waals surface area contributed by atoms with Crippen LogP contribution in [-0.2, 0) is 4.84 Å². The van der Waals surface area contributed by atoms with Gasteiger partial charge >= 0.3 is 0 Å². The Hall–Kier alpha value is -2.75. The number of anilines is 2. The molecule has 1 atom stereocenters. The highest BCUT2D eigenvalue weighted by Crippen LogP contribution is 2.29. The van der Waals surface area contributed by atoms with Gasteiger partial charge in [0.25, 0.3) is 5.91 Å². The Morgan fingerprint density at radius 3 is 2.93 bits per heavy atom. The summed E-state index contributed by atoms with van der Waals surface area (Å²) in [6.07, 6.45) is 3.84. The molecule has 0 radical (unpaired) electrons. The van der Waals surface area contributed by atoms with Crippen LogP contribution in [0.15, 0.2) is 36.8 Å². The largest absolute Gasteiger partial charge is 0.391 e. The fourth-order valence-corrected chi connectivity index (χ4v) is 2.58. The second kappa shape index (κ2) is 8.51. The van der Waals surface area contributed by atoms with E-state index in [-0.39, 0.29) is 34.2 Å². The average Bonchev–Trinajstić information content (AvgIpc) is 3.14. The van der Waals surface area contributed by atoms with Gasteiger partial charge in [0.1, 0.15) is 12.4 Å². The summed E-state index contributed by atoms with van der Waals surface area (Å²) in [5, 5.41) is 12.2. The molecule has 0 fully saturated rings. The van der Waals surface area contributed by atoms with E-state index >= 15 is 0 Å². The van der Waals surface area contributed by atoms with Crippen molar-refractivity contribution in [1.82, 2.24) is 14.9 Å². The van der Waals surface area contributed by atoms with Gasteiger partial charge in [-0.15, -0.1) is 0 Å². The molecule has 0 aliphatic heterocycles. The number of imidazole rings is 1. The Morgan fingerprint density at radius 1 is 1.43 bits per heavy atom. The molecule has 0 bridgehead atoms. The normalized spacial score (nSPS) is 12.2. The Bertz CT molecular complexity index is 1010. The molecule has 28 heavy (non-hydrogen) atoms. The fourth-order valence-electron chi connectivity index (χ4n) is 2.42. The topological polar surface area (TPSA) is 87.9 Å². The van der Waals surface area contributed by atoms with Crippen molar-refractivity contribution < 1.29 is 23.5 Å². The van der Waals surface area contributed by atoms with Crippen LogP contribution in [0.5, 0.6) is 0 Å². The lowest BCUT2D eigenvalue weighted by molar-refractivity contribution is -0.0133. The number of nitrogens with zero attached hydrogens (tertiary/aromatic N) is 2. The number of pyridine rings is 1. The number of amides is 1. The quantitative estimate of drug-likeness (QED) is 0.519. The molecule has 1 aromatic carbocycles. The highest BCUT2D eigenvalue weighted by atomic mass is 35.5. The maximum Gasteiger partial charge on any atom is 0.278 e. The number of benzene rings is 1. The van der Waals surface area contributed by atoms with Crippen LogP contribution in [0.3, 0.4) is 0 Å². The number of hydrogen-bond acceptors (Lipinski definition) is 5. The van der Waals surface area contributed by atoms with Crippen molar-refractivity contribution in [3.05, 3.63) is 59.0 Å². The molecule has 3 N–H and O–H groups in total. The number of fused-ring (bicyclic) bond motifs is 1. The van der Waals surface area contributed by atoms with Gasteiger partial charge in [-0.05, 0) is 24.6 Å². The number of carbonyl (C=O) groups excluding carboxylic acids is 1. The molecule has 3 rings (SSSR count). The molecule has 0 aliphatic rings. The summed E-state index contributed by atoms with van der Waals surface area (Å²) in [4.78, 5) is 21.4. The zero-order chi connectivity index (χ0) is 20.3. The van der Waals surface area contributed by atoms with Gasteiger partial charge in [0.2, 0.25) is 0 Å². The molecule has 0 saturated carbocycles. The third kappa shape index (κ3) is 4.22. The number of nitrogens with one attached hydrogen (secondary N) is 2. The summed E-state index contributed by atoms with van der Waals surface area (Å²) < 4.78 is 30.4. The summed E-state index contributed by atoms with van der Waals surface area (Å²) >= 11 is 5.73. The third-order valence-corrected chi connectivity index (χ3v) is 4.20. The van der Waals surface area contributed by atoms with Crippen molar-refractivity contribution in [3.8, 4) is 0 Å². The first-order valence-corrected chi connectivity index (χ1v) is 8.76. The standard InChI is InChI=1S/C18H17ClF2N4O3/c1-2-11(26)9-28-24-18(27)12-8-25-6-5-22-17(25)15(21)16(12)23-14-4-3-10(19)7-13(14)20/h3-8,11,23,26H,2,9H2,1H3,(H,24,27)/t11-/m0/s1. The molecule has 148 valence electrons. The highest BCUT2D eigenvalue weighted by Gasteiger charge is 2.21. The molecular weight excluding hydrogens is 394 g/mol. The van der Waals surface area contributed by atoms with E-state index in [1.165, 1.54) is 35.1 Å². The fraction of sp³-hybridized carbons (Fsp3) is 0.222. The minimum absolute atomic E-state index is 0.0456. The predicted octanol–water partition coefficient (Wildman–Crippen LogP) is 3.44. The summed E-state index contributed by atoms with van der Waals surface area (Å²) in [6.45, 7) is 1.62. The van der Waals surface area contributed by atoms with E-state index in [0.717, 1.165) is 6.07 Å². The van der Waals surface area contributed by atoms with Crippen LogP contribution in [0, 0.1) is 11.6 Å². The third-order valence-electron chi connectivity index (χ3n) is 3.97. The predicted molar refractivity (Wildman–Crippen MR) is 99.6 cm³/mol. The number of aliphatic hydroxyl groups is 1. The molecule has 10 heteroatoms. The Kier molecular flexibility index (Phi) is 6.08. The molecule has 7 nitrogen and oxygen atoms in total. The average molecular weight is 411 g/mol. The van der Waals surface area contributed by atoms with Crippen molar-refractivity contribution in [2.24, 2.45) is 0 Å². The second-order valence-electron chi connectivity index (χ2n) is 5.94. The van der Waals surface area contributed by atoms with Crippen molar-refractivity contribution in [1.29, 1.82) is 0 Å². The first-order chi connectivity index (χ1) is 13.4. The zero-order valence-corrected chi connectivity index (χ0v) is 15.5. The van der Waals surface area contributed by atoms with Gasteiger partial charge < -0.3 is 14.8 Å². The second-order valence-corrected chi connectivity index (χ2v) is 6.38. The van der Waals surface area contributed by atoms with E-state index in [1.807, 2.05) is 0 Å². The van der Waals surface area contributed by atoms with Crippen molar-refractivity contribution in [2.45, 2.75) is 19.4 Å². The van der Waals surface area contributed by atoms with Gasteiger partial charge in [-0.25, -0.2) is 19.2 Å². The lowest BCUT2D eigenvalue weighted by atomic mass is 10.2. The van der Waals surface area contributed by atoms with Crippen molar-refractivity contribution in [3.63, 3.8) is 0 Å². The van der Waals surface area contributed by atoms with E-state index in [9.17, 15) is 18.7 Å². The van der Waals surface area contributed by atoms with Gasteiger partial charge in [0, 0.05) is 23.6 Å². The summed E-state index contributed by atoms with van der Waals surface area (Å²) in [7, 11) is 0. The number of hydrogen-bond donors (Lipinski definition) is 3. The molecule has 0 spiro atoms. The van der Waals surface area contributed by atoms with E-state index < -0.39 is 23.6 Å². The Morgan fingerprint density at radius 2 is 2.21 bits per heavy atom. The van der Waals surface area contributed by atoms with E-state index in [4.69, 9.17) is 16.4 Å². The Labute approximate surface area is 163 Å². The minimum atomic E-state index is -0.847. The van der Waals surface area contributed by atoms with E-state index in [1.54, 1.807) is 6.92 Å². The van der Waals surface area contributed by atoms with Gasteiger partial charge in [0.05, 0.1) is 23.0 Å². The molecule has 2 heterocycles. The van der Waals surface area contributed by atoms with Crippen molar-refractivity contribution >= 4 is 34.5 Å². The van der Waals surface area contributed by atoms with E-state index in [0.29, 0.717) is 6.42 Å². The smallest absolute Gasteiger partial charge is 0.278 e. The van der Waals surface area contributed by atoms with Crippen LogP contribution in [0.1, 0.15) is 23.7 Å². The minimum Gasteiger partial charge on any atom is -0.391 e. The summed E-state index contributed by atoms with van der Waals surface area (Å²) in [5.74, 6) is -2.35. The van der Waals surface area contributed by atoms with Crippen LogP contribution in [-0.4, -0.2) is 33.1 Å². The molecule has 0 unspecified atom stereocenters. The number of rotatable bonds is 7. The number of hydroxylamine groups is 1. The SMILES string of the molecule is CC[C@H](O)CONC(=O)c1cn2ccnc2c(F)c1Nc1ccc(Cl)cc1F. The monoisotopic (exact) mass is 410 g/mol. The molecule has 3 aromatic rings. The van der Waals surface area contributed by atoms with Crippen LogP contribution in [0.25, 0.3) is 5.65 Å². The number of halogens is 3. The molecular formula is C18H17ClF2N4O3. The zero-order valence-electron chi connectivity index (χ0n) is 14.7.